The van der Waals surface area contributed by atoms with Crippen LogP contribution >= 0.6 is 0 Å². The van der Waals surface area contributed by atoms with Gasteiger partial charge in [-0.25, -0.2) is 0 Å². The van der Waals surface area contributed by atoms with Gasteiger partial charge < -0.3 is 10.0 Å². The van der Waals surface area contributed by atoms with Crippen molar-refractivity contribution >= 4 is 11.8 Å². The smallest absolute Gasteiger partial charge is 0.323 e. The fraction of sp³-hybridized carbons (Fsp3) is 0.583. The molecule has 0 unspecified atom stereocenters. The number of aliphatic carboxylic acids is 1. The van der Waals surface area contributed by atoms with Crippen LogP contribution in [0.25, 0.3) is 0 Å². The van der Waals surface area contributed by atoms with E-state index in [4.69, 9.17) is 5.11 Å². The molecule has 0 amide bonds. The Hall–Kier alpha value is -2.03. The van der Waals surface area contributed by atoms with Crippen molar-refractivity contribution in [1.29, 1.82) is 5.26 Å². The molecule has 0 fully saturated rings. The normalized spacial score (nSPS) is 11.1. The number of rotatable bonds is 3. The van der Waals surface area contributed by atoms with Gasteiger partial charge in [-0.2, -0.15) is 10.4 Å². The lowest BCUT2D eigenvalue weighted by molar-refractivity contribution is -0.135. The molecule has 98 valence electrons. The summed E-state index contributed by atoms with van der Waals surface area (Å²) < 4.78 is 1.56. The second kappa shape index (κ2) is 4.69. The van der Waals surface area contributed by atoms with Crippen molar-refractivity contribution in [2.75, 3.05) is 11.4 Å². The molecule has 0 spiro atoms. The largest absolute Gasteiger partial charge is 0.480 e. The fourth-order valence-corrected chi connectivity index (χ4v) is 1.85. The summed E-state index contributed by atoms with van der Waals surface area (Å²) in [7, 11) is 1.71. The van der Waals surface area contributed by atoms with E-state index >= 15 is 0 Å². The third-order valence-electron chi connectivity index (χ3n) is 2.66. The first-order chi connectivity index (χ1) is 8.18. The predicted molar refractivity (Wildman–Crippen MR) is 67.4 cm³/mol. The summed E-state index contributed by atoms with van der Waals surface area (Å²) in [6.07, 6.45) is 0. The zero-order chi connectivity index (χ0) is 14.1. The van der Waals surface area contributed by atoms with E-state index in [1.54, 1.807) is 23.6 Å². The van der Waals surface area contributed by atoms with E-state index in [9.17, 15) is 10.1 Å². The van der Waals surface area contributed by atoms with Crippen molar-refractivity contribution in [2.24, 2.45) is 7.05 Å². The number of nitrogens with zero attached hydrogens (tertiary/aromatic N) is 4. The van der Waals surface area contributed by atoms with Crippen molar-refractivity contribution in [3.8, 4) is 6.07 Å². The molecule has 1 aromatic rings. The van der Waals surface area contributed by atoms with Gasteiger partial charge >= 0.3 is 5.97 Å². The molecule has 0 saturated heterocycles. The number of hydrogen-bond acceptors (Lipinski definition) is 4. The number of anilines is 1. The molecule has 6 heteroatoms. The molecule has 18 heavy (non-hydrogen) atoms. The number of carboxylic acids is 1. The minimum atomic E-state index is -0.937. The molecule has 1 rings (SSSR count). The molecule has 0 bridgehead atoms. The van der Waals surface area contributed by atoms with Crippen molar-refractivity contribution in [2.45, 2.75) is 33.2 Å². The average molecular weight is 250 g/mol. The maximum atomic E-state index is 11.0. The zero-order valence-corrected chi connectivity index (χ0v) is 11.4. The van der Waals surface area contributed by atoms with Crippen LogP contribution < -0.4 is 4.90 Å². The highest BCUT2D eigenvalue weighted by atomic mass is 16.4. The number of hydrogen-bond donors (Lipinski definition) is 1. The van der Waals surface area contributed by atoms with Crippen molar-refractivity contribution in [3.05, 3.63) is 11.3 Å². The Morgan fingerprint density at radius 2 is 2.11 bits per heavy atom. The lowest BCUT2D eigenvalue weighted by Crippen LogP contribution is -2.46. The number of nitriles is 1. The third-order valence-corrected chi connectivity index (χ3v) is 2.66. The van der Waals surface area contributed by atoms with E-state index in [0.29, 0.717) is 17.1 Å². The highest BCUT2D eigenvalue weighted by Gasteiger charge is 2.29. The Morgan fingerprint density at radius 3 is 2.50 bits per heavy atom. The van der Waals surface area contributed by atoms with E-state index in [0.717, 1.165) is 0 Å². The van der Waals surface area contributed by atoms with Gasteiger partial charge in [0.1, 0.15) is 24.0 Å². The molecule has 1 aromatic heterocycles. The van der Waals surface area contributed by atoms with Crippen LogP contribution in [-0.4, -0.2) is 32.9 Å². The van der Waals surface area contributed by atoms with Gasteiger partial charge in [0.25, 0.3) is 0 Å². The maximum absolute atomic E-state index is 11.0. The molecule has 1 N–H and O–H groups in total. The highest BCUT2D eigenvalue weighted by Crippen LogP contribution is 2.28. The molecule has 6 nitrogen and oxygen atoms in total. The first-order valence-electron chi connectivity index (χ1n) is 5.61. The van der Waals surface area contributed by atoms with Crippen molar-refractivity contribution in [3.63, 3.8) is 0 Å². The summed E-state index contributed by atoms with van der Waals surface area (Å²) >= 11 is 0. The second-order valence-corrected chi connectivity index (χ2v) is 5.17. The van der Waals surface area contributed by atoms with Gasteiger partial charge in [0.2, 0.25) is 0 Å². The maximum Gasteiger partial charge on any atom is 0.323 e. The molecule has 0 aliphatic rings. The molecule has 0 aromatic carbocycles. The summed E-state index contributed by atoms with van der Waals surface area (Å²) in [5.41, 5.74) is 0.618. The van der Waals surface area contributed by atoms with Crippen LogP contribution in [0.4, 0.5) is 5.82 Å². The van der Waals surface area contributed by atoms with Crippen LogP contribution in [0.2, 0.25) is 0 Å². The first kappa shape index (κ1) is 14.0. The van der Waals surface area contributed by atoms with Crippen molar-refractivity contribution < 1.29 is 9.90 Å². The lowest BCUT2D eigenvalue weighted by atomic mass is 10.0. The van der Waals surface area contributed by atoms with Crippen molar-refractivity contribution in [1.82, 2.24) is 9.78 Å². The number of carbonyl (C=O) groups is 1. The summed E-state index contributed by atoms with van der Waals surface area (Å²) in [5, 5.41) is 22.4. The molecule has 1 heterocycles. The number of aryl methyl sites for hydroxylation is 2. The zero-order valence-electron chi connectivity index (χ0n) is 11.4. The van der Waals surface area contributed by atoms with E-state index in [1.165, 1.54) is 0 Å². The molecular formula is C12H18N4O2. The van der Waals surface area contributed by atoms with Crippen LogP contribution in [0.3, 0.4) is 0 Å². The minimum absolute atomic E-state index is 0.169. The minimum Gasteiger partial charge on any atom is -0.480 e. The molecule has 0 saturated carbocycles. The standard InChI is InChI=1S/C12H18N4O2/c1-8-9(6-13)11(15(5)14-8)16(7-10(17)18)12(2,3)4/h7H2,1-5H3,(H,17,18). The summed E-state index contributed by atoms with van der Waals surface area (Å²) in [5.74, 6) is -0.391. The average Bonchev–Trinajstić information content (AvgIpc) is 2.47. The Morgan fingerprint density at radius 1 is 1.56 bits per heavy atom. The van der Waals surface area contributed by atoms with Gasteiger partial charge in [-0.15, -0.1) is 0 Å². The van der Waals surface area contributed by atoms with Gasteiger partial charge in [-0.05, 0) is 27.7 Å². The summed E-state index contributed by atoms with van der Waals surface area (Å²) in [6.45, 7) is 7.28. The summed E-state index contributed by atoms with van der Waals surface area (Å²) in [6, 6.07) is 2.09. The molecule has 0 radical (unpaired) electrons. The van der Waals surface area contributed by atoms with Gasteiger partial charge in [0.15, 0.2) is 0 Å². The van der Waals surface area contributed by atoms with Crippen LogP contribution in [0.15, 0.2) is 0 Å². The van der Waals surface area contributed by atoms with Crippen LogP contribution in [0, 0.1) is 18.3 Å². The topological polar surface area (TPSA) is 82.2 Å². The van der Waals surface area contributed by atoms with Gasteiger partial charge in [0, 0.05) is 12.6 Å². The van der Waals surface area contributed by atoms with E-state index in [1.807, 2.05) is 20.8 Å². The molecule has 0 aliphatic heterocycles. The van der Waals surface area contributed by atoms with Gasteiger partial charge in [0.05, 0.1) is 5.69 Å². The predicted octanol–water partition coefficient (Wildman–Crippen LogP) is 1.29. The van der Waals surface area contributed by atoms with Gasteiger partial charge in [-0.1, -0.05) is 0 Å². The first-order valence-corrected chi connectivity index (χ1v) is 5.61. The lowest BCUT2D eigenvalue weighted by Gasteiger charge is -2.36. The van der Waals surface area contributed by atoms with E-state index < -0.39 is 11.5 Å². The fourth-order valence-electron chi connectivity index (χ4n) is 1.85. The molecule has 0 aliphatic carbocycles. The Labute approximate surface area is 106 Å². The quantitative estimate of drug-likeness (QED) is 0.874. The molecular weight excluding hydrogens is 232 g/mol. The Bertz CT molecular complexity index is 505. The Kier molecular flexibility index (Phi) is 3.65. The van der Waals surface area contributed by atoms with E-state index in [-0.39, 0.29) is 6.54 Å². The molecule has 0 atom stereocenters. The number of aromatic nitrogens is 2. The van der Waals surface area contributed by atoms with E-state index in [2.05, 4.69) is 11.2 Å². The third kappa shape index (κ3) is 2.62. The highest BCUT2D eigenvalue weighted by molar-refractivity contribution is 5.75. The monoisotopic (exact) mass is 250 g/mol. The Balaban J connectivity index is 3.39. The van der Waals surface area contributed by atoms with Crippen LogP contribution in [0.1, 0.15) is 32.0 Å². The number of carboxylic acid groups (broad SMARTS) is 1. The summed E-state index contributed by atoms with van der Waals surface area (Å²) in [4.78, 5) is 12.7. The SMILES string of the molecule is Cc1nn(C)c(N(CC(=O)O)C(C)(C)C)c1C#N. The second-order valence-electron chi connectivity index (χ2n) is 5.17. The van der Waals surface area contributed by atoms with Gasteiger partial charge in [-0.3, -0.25) is 9.48 Å². The van der Waals surface area contributed by atoms with Crippen LogP contribution in [-0.2, 0) is 11.8 Å². The van der Waals surface area contributed by atoms with Crippen LogP contribution in [0.5, 0.6) is 0 Å².